The van der Waals surface area contributed by atoms with Gasteiger partial charge in [-0.25, -0.2) is 0 Å². The van der Waals surface area contributed by atoms with Gasteiger partial charge in [-0.3, -0.25) is 4.79 Å². The lowest BCUT2D eigenvalue weighted by molar-refractivity contribution is -0.123. The van der Waals surface area contributed by atoms with Crippen molar-refractivity contribution < 1.29 is 15.0 Å². The van der Waals surface area contributed by atoms with E-state index in [0.717, 1.165) is 109 Å². The van der Waals surface area contributed by atoms with Crippen molar-refractivity contribution in [1.29, 1.82) is 0 Å². The first-order valence-electron chi connectivity index (χ1n) is 22.0. The Kier molecular flexibility index (Phi) is 42.6. The van der Waals surface area contributed by atoms with Crippen LogP contribution in [0.4, 0.5) is 0 Å². The minimum atomic E-state index is -0.882. The lowest BCUT2D eigenvalue weighted by Crippen LogP contribution is -2.45. The predicted molar refractivity (Wildman–Crippen MR) is 248 cm³/mol. The molecule has 312 valence electrons. The number of amides is 1. The van der Waals surface area contributed by atoms with Crippen LogP contribution in [0.5, 0.6) is 0 Å². The van der Waals surface area contributed by atoms with Gasteiger partial charge < -0.3 is 15.5 Å². The van der Waals surface area contributed by atoms with Crippen molar-refractivity contribution in [3.05, 3.63) is 146 Å². The highest BCUT2D eigenvalue weighted by molar-refractivity contribution is 5.76. The van der Waals surface area contributed by atoms with Gasteiger partial charge >= 0.3 is 0 Å². The fraction of sp³-hybridized carbons (Fsp3) is 0.519. The first kappa shape index (κ1) is 52.3. The molecule has 4 heteroatoms. The first-order valence-corrected chi connectivity index (χ1v) is 22.0. The number of rotatable bonds is 37. The molecule has 4 nitrogen and oxygen atoms in total. The molecule has 0 saturated heterocycles. The molecule has 56 heavy (non-hydrogen) atoms. The van der Waals surface area contributed by atoms with Gasteiger partial charge in [0, 0.05) is 6.42 Å². The summed E-state index contributed by atoms with van der Waals surface area (Å²) in [6.45, 7) is 3.91. The zero-order valence-electron chi connectivity index (χ0n) is 35.6. The molecule has 0 rings (SSSR count). The fourth-order valence-corrected chi connectivity index (χ4v) is 5.56. The van der Waals surface area contributed by atoms with E-state index >= 15 is 0 Å². The van der Waals surface area contributed by atoms with Crippen molar-refractivity contribution in [1.82, 2.24) is 5.32 Å². The van der Waals surface area contributed by atoms with E-state index in [4.69, 9.17) is 0 Å². The van der Waals surface area contributed by atoms with Gasteiger partial charge in [-0.1, -0.05) is 185 Å². The Morgan fingerprint density at radius 3 is 1.25 bits per heavy atom. The average molecular weight is 768 g/mol. The van der Waals surface area contributed by atoms with E-state index in [0.29, 0.717) is 6.42 Å². The van der Waals surface area contributed by atoms with Crippen molar-refractivity contribution >= 4 is 5.91 Å². The van der Waals surface area contributed by atoms with Gasteiger partial charge in [0.2, 0.25) is 5.91 Å². The van der Waals surface area contributed by atoms with Crippen LogP contribution in [0.1, 0.15) is 155 Å². The molecule has 0 aromatic rings. The van der Waals surface area contributed by atoms with Crippen molar-refractivity contribution in [2.45, 2.75) is 167 Å². The number of unbranched alkanes of at least 4 members (excludes halogenated alkanes) is 9. The van der Waals surface area contributed by atoms with Gasteiger partial charge in [0.15, 0.2) is 0 Å². The summed E-state index contributed by atoms with van der Waals surface area (Å²) in [7, 11) is 0. The van der Waals surface area contributed by atoms with E-state index in [1.807, 2.05) is 13.0 Å². The molecule has 0 heterocycles. The zero-order valence-corrected chi connectivity index (χ0v) is 35.6. The normalized spacial score (nSPS) is 14.4. The molecular weight excluding hydrogens is 687 g/mol. The zero-order chi connectivity index (χ0) is 40.7. The fourth-order valence-electron chi connectivity index (χ4n) is 5.56. The van der Waals surface area contributed by atoms with E-state index in [9.17, 15) is 15.0 Å². The summed E-state index contributed by atoms with van der Waals surface area (Å²) in [5, 5.41) is 22.8. The van der Waals surface area contributed by atoms with Crippen LogP contribution >= 0.6 is 0 Å². The first-order chi connectivity index (χ1) is 27.7. The molecule has 0 spiro atoms. The molecule has 2 unspecified atom stereocenters. The Balaban J connectivity index is 3.69. The third-order valence-electron chi connectivity index (χ3n) is 8.88. The number of carbonyl (C=O) groups excluding carboxylic acids is 1. The summed E-state index contributed by atoms with van der Waals surface area (Å²) in [5.41, 5.74) is 0. The van der Waals surface area contributed by atoms with E-state index in [2.05, 4.69) is 146 Å². The van der Waals surface area contributed by atoms with Crippen LogP contribution in [0.15, 0.2) is 146 Å². The van der Waals surface area contributed by atoms with Crippen LogP contribution in [0, 0.1) is 0 Å². The van der Waals surface area contributed by atoms with E-state index in [1.54, 1.807) is 6.08 Å². The number of aliphatic hydroxyl groups is 2. The molecule has 1 amide bonds. The van der Waals surface area contributed by atoms with Crippen molar-refractivity contribution in [2.24, 2.45) is 0 Å². The van der Waals surface area contributed by atoms with Crippen LogP contribution < -0.4 is 5.32 Å². The van der Waals surface area contributed by atoms with E-state index in [1.165, 1.54) is 25.7 Å². The monoisotopic (exact) mass is 768 g/mol. The largest absolute Gasteiger partial charge is 0.394 e. The van der Waals surface area contributed by atoms with Gasteiger partial charge in [0.1, 0.15) is 0 Å². The lowest BCUT2D eigenvalue weighted by atomic mass is 10.1. The molecule has 0 aliphatic heterocycles. The van der Waals surface area contributed by atoms with E-state index in [-0.39, 0.29) is 12.5 Å². The van der Waals surface area contributed by atoms with Crippen molar-refractivity contribution in [3.8, 4) is 0 Å². The topological polar surface area (TPSA) is 69.6 Å². The third-order valence-corrected chi connectivity index (χ3v) is 8.88. The summed E-state index contributed by atoms with van der Waals surface area (Å²) >= 11 is 0. The van der Waals surface area contributed by atoms with Gasteiger partial charge in [-0.15, -0.1) is 0 Å². The second-order valence-corrected chi connectivity index (χ2v) is 14.0. The molecule has 0 saturated carbocycles. The standard InChI is InChI=1S/C52H81NO3/c1-3-5-7-9-11-13-14-15-16-17-18-19-20-21-22-23-24-25-26-27-28-29-30-31-32-33-34-35-36-37-38-40-42-44-46-48-52(56)53-50(49-54)51(55)47-45-43-41-39-12-10-8-6-4-2/h4-7,11-13,15-16,18-19,21-22,24-25,27-28,30-31,33-34,39,45,47,50-51,54-55H,3,8-10,14,17,20,23,26,29,32,35-38,40-44,46,48-49H2,1-2H3,(H,53,56)/b6-4+,7-5-,13-11-,16-15-,19-18-,22-21-,25-24-,28-27-,31-30-,34-33-,39-12+,47-45+. The second kappa shape index (κ2) is 45.7. The number of aliphatic hydroxyl groups excluding tert-OH is 2. The second-order valence-electron chi connectivity index (χ2n) is 14.0. The summed E-state index contributed by atoms with van der Waals surface area (Å²) in [4.78, 5) is 12.3. The maximum absolute atomic E-state index is 12.3. The molecule has 0 aliphatic carbocycles. The Labute approximate surface area is 344 Å². The van der Waals surface area contributed by atoms with E-state index < -0.39 is 12.1 Å². The number of allylic oxidation sites excluding steroid dienone is 23. The number of hydrogen-bond donors (Lipinski definition) is 3. The third kappa shape index (κ3) is 41.4. The quantitative estimate of drug-likeness (QED) is 0.0435. The molecule has 3 N–H and O–H groups in total. The van der Waals surface area contributed by atoms with Gasteiger partial charge in [-0.2, -0.15) is 0 Å². The van der Waals surface area contributed by atoms with Crippen molar-refractivity contribution in [3.63, 3.8) is 0 Å². The minimum absolute atomic E-state index is 0.101. The highest BCUT2D eigenvalue weighted by Gasteiger charge is 2.17. The van der Waals surface area contributed by atoms with Crippen molar-refractivity contribution in [2.75, 3.05) is 6.61 Å². The predicted octanol–water partition coefficient (Wildman–Crippen LogP) is 14.1. The SMILES string of the molecule is C/C=C/CC/C=C/CC/C=C/C(O)C(CO)NC(=O)CCCCCCCCC/C=C\C/C=C\C/C=C\C/C=C\C/C=C\C/C=C\C/C=C\C/C=C\C/C=C\CC. The molecule has 0 aromatic carbocycles. The van der Waals surface area contributed by atoms with Gasteiger partial charge in [0.25, 0.3) is 0 Å². The number of nitrogens with one attached hydrogen (secondary N) is 1. The Morgan fingerprint density at radius 2 is 0.821 bits per heavy atom. The molecule has 0 fully saturated rings. The smallest absolute Gasteiger partial charge is 0.220 e. The van der Waals surface area contributed by atoms with Gasteiger partial charge in [0.05, 0.1) is 18.8 Å². The number of hydrogen-bond acceptors (Lipinski definition) is 3. The Morgan fingerprint density at radius 1 is 0.464 bits per heavy atom. The maximum Gasteiger partial charge on any atom is 0.220 e. The highest BCUT2D eigenvalue weighted by atomic mass is 16.3. The van der Waals surface area contributed by atoms with Crippen LogP contribution in [0.3, 0.4) is 0 Å². The molecular formula is C52H81NO3. The highest BCUT2D eigenvalue weighted by Crippen LogP contribution is 2.11. The minimum Gasteiger partial charge on any atom is -0.394 e. The van der Waals surface area contributed by atoms with Crippen LogP contribution in [-0.2, 0) is 4.79 Å². The number of carbonyl (C=O) groups is 1. The summed E-state index contributed by atoms with van der Waals surface area (Å²) in [5.74, 6) is -0.101. The lowest BCUT2D eigenvalue weighted by Gasteiger charge is -2.19. The molecule has 0 aromatic heterocycles. The van der Waals surface area contributed by atoms with Crippen LogP contribution in [0.2, 0.25) is 0 Å². The molecule has 0 aliphatic rings. The average Bonchev–Trinajstić information content (AvgIpc) is 3.20. The molecule has 0 radical (unpaired) electrons. The summed E-state index contributed by atoms with van der Waals surface area (Å²) in [6, 6.07) is -0.660. The molecule has 0 bridgehead atoms. The van der Waals surface area contributed by atoms with Crippen LogP contribution in [0.25, 0.3) is 0 Å². The Hall–Kier alpha value is -3.73. The van der Waals surface area contributed by atoms with Crippen LogP contribution in [-0.4, -0.2) is 34.9 Å². The maximum atomic E-state index is 12.3. The summed E-state index contributed by atoms with van der Waals surface area (Å²) < 4.78 is 0. The molecule has 2 atom stereocenters. The van der Waals surface area contributed by atoms with Gasteiger partial charge in [-0.05, 0) is 110 Å². The summed E-state index contributed by atoms with van der Waals surface area (Å²) in [6.07, 6.45) is 74.1. The Bertz CT molecular complexity index is 1240.